The standard InChI is InChI=1S/C15H16N2/c1-2-12-8-6-7-11-14(12)17-15(16)13-9-4-3-5-10-13/h3-11H,2H2,1H3,(H2,16,17). The van der Waals surface area contributed by atoms with Gasteiger partial charge in [-0.2, -0.15) is 0 Å². The lowest BCUT2D eigenvalue weighted by molar-refractivity contribution is 1.13. The Hall–Kier alpha value is -2.09. The van der Waals surface area contributed by atoms with Crippen molar-refractivity contribution in [2.45, 2.75) is 13.3 Å². The largest absolute Gasteiger partial charge is 0.383 e. The number of rotatable bonds is 3. The minimum Gasteiger partial charge on any atom is -0.383 e. The highest BCUT2D eigenvalue weighted by molar-refractivity contribution is 5.99. The molecule has 2 N–H and O–H groups in total. The highest BCUT2D eigenvalue weighted by Gasteiger charge is 2.00. The van der Waals surface area contributed by atoms with E-state index in [2.05, 4.69) is 18.0 Å². The molecule has 0 saturated heterocycles. The van der Waals surface area contributed by atoms with Crippen LogP contribution in [-0.4, -0.2) is 5.84 Å². The minimum absolute atomic E-state index is 0.562. The molecular formula is C15H16N2. The molecular weight excluding hydrogens is 208 g/mol. The van der Waals surface area contributed by atoms with Crippen LogP contribution >= 0.6 is 0 Å². The molecule has 0 amide bonds. The van der Waals surface area contributed by atoms with Crippen molar-refractivity contribution in [2.24, 2.45) is 10.7 Å². The molecule has 0 radical (unpaired) electrons. The van der Waals surface area contributed by atoms with Gasteiger partial charge in [-0.05, 0) is 18.1 Å². The van der Waals surface area contributed by atoms with E-state index in [1.165, 1.54) is 5.56 Å². The van der Waals surface area contributed by atoms with Crippen molar-refractivity contribution in [3.63, 3.8) is 0 Å². The quantitative estimate of drug-likeness (QED) is 0.630. The minimum atomic E-state index is 0.562. The van der Waals surface area contributed by atoms with Gasteiger partial charge >= 0.3 is 0 Å². The molecule has 0 heterocycles. The number of hydrogen-bond acceptors (Lipinski definition) is 1. The number of hydrogen-bond donors (Lipinski definition) is 1. The van der Waals surface area contributed by atoms with Crippen LogP contribution in [0.15, 0.2) is 59.6 Å². The maximum atomic E-state index is 6.00. The van der Waals surface area contributed by atoms with E-state index in [0.717, 1.165) is 17.7 Å². The Morgan fingerprint density at radius 3 is 2.35 bits per heavy atom. The van der Waals surface area contributed by atoms with Crippen LogP contribution in [0.4, 0.5) is 5.69 Å². The molecule has 0 saturated carbocycles. The van der Waals surface area contributed by atoms with E-state index in [1.807, 2.05) is 48.5 Å². The van der Waals surface area contributed by atoms with Crippen molar-refractivity contribution in [1.29, 1.82) is 0 Å². The van der Waals surface area contributed by atoms with Crippen LogP contribution in [0.2, 0.25) is 0 Å². The zero-order chi connectivity index (χ0) is 12.1. The van der Waals surface area contributed by atoms with Crippen molar-refractivity contribution in [2.75, 3.05) is 0 Å². The second kappa shape index (κ2) is 5.30. The Morgan fingerprint density at radius 2 is 1.65 bits per heavy atom. The lowest BCUT2D eigenvalue weighted by atomic mass is 10.1. The molecule has 2 rings (SSSR count). The molecule has 2 aromatic carbocycles. The highest BCUT2D eigenvalue weighted by atomic mass is 14.9. The molecule has 0 aromatic heterocycles. The van der Waals surface area contributed by atoms with Crippen LogP contribution in [0, 0.1) is 0 Å². The number of para-hydroxylation sites is 1. The second-order valence-electron chi connectivity index (χ2n) is 3.85. The summed E-state index contributed by atoms with van der Waals surface area (Å²) >= 11 is 0. The van der Waals surface area contributed by atoms with E-state index >= 15 is 0 Å². The summed E-state index contributed by atoms with van der Waals surface area (Å²) in [6.07, 6.45) is 0.960. The van der Waals surface area contributed by atoms with Crippen LogP contribution in [-0.2, 0) is 6.42 Å². The topological polar surface area (TPSA) is 38.4 Å². The first-order valence-electron chi connectivity index (χ1n) is 5.78. The molecule has 0 aliphatic heterocycles. The molecule has 0 fully saturated rings. The summed E-state index contributed by atoms with van der Waals surface area (Å²) < 4.78 is 0. The average molecular weight is 224 g/mol. The van der Waals surface area contributed by atoms with Crippen molar-refractivity contribution >= 4 is 11.5 Å². The lowest BCUT2D eigenvalue weighted by Crippen LogP contribution is -2.12. The van der Waals surface area contributed by atoms with E-state index in [4.69, 9.17) is 5.73 Å². The van der Waals surface area contributed by atoms with Gasteiger partial charge in [-0.15, -0.1) is 0 Å². The van der Waals surface area contributed by atoms with Gasteiger partial charge in [-0.1, -0.05) is 55.5 Å². The van der Waals surface area contributed by atoms with Crippen molar-refractivity contribution in [3.05, 3.63) is 65.7 Å². The lowest BCUT2D eigenvalue weighted by Gasteiger charge is -2.04. The first-order valence-corrected chi connectivity index (χ1v) is 5.78. The maximum absolute atomic E-state index is 6.00. The third kappa shape index (κ3) is 2.72. The Balaban J connectivity index is 2.36. The number of amidine groups is 1. The van der Waals surface area contributed by atoms with E-state index in [0.29, 0.717) is 5.84 Å². The number of nitrogens with zero attached hydrogens (tertiary/aromatic N) is 1. The van der Waals surface area contributed by atoms with Gasteiger partial charge < -0.3 is 5.73 Å². The number of benzene rings is 2. The van der Waals surface area contributed by atoms with E-state index in [9.17, 15) is 0 Å². The predicted molar refractivity (Wildman–Crippen MR) is 72.6 cm³/mol. The molecule has 0 unspecified atom stereocenters. The first kappa shape index (κ1) is 11.4. The summed E-state index contributed by atoms with van der Waals surface area (Å²) in [7, 11) is 0. The Bertz CT molecular complexity index is 515. The average Bonchev–Trinajstić information content (AvgIpc) is 2.40. The first-order chi connectivity index (χ1) is 8.31. The fourth-order valence-corrected chi connectivity index (χ4v) is 1.72. The van der Waals surface area contributed by atoms with Crippen LogP contribution in [0.1, 0.15) is 18.1 Å². The van der Waals surface area contributed by atoms with Crippen LogP contribution in [0.5, 0.6) is 0 Å². The van der Waals surface area contributed by atoms with Gasteiger partial charge in [0.1, 0.15) is 5.84 Å². The van der Waals surface area contributed by atoms with Gasteiger partial charge in [0.25, 0.3) is 0 Å². The fourth-order valence-electron chi connectivity index (χ4n) is 1.72. The van der Waals surface area contributed by atoms with Crippen LogP contribution in [0.25, 0.3) is 0 Å². The van der Waals surface area contributed by atoms with Gasteiger partial charge in [0.05, 0.1) is 5.69 Å². The monoisotopic (exact) mass is 224 g/mol. The van der Waals surface area contributed by atoms with Crippen LogP contribution < -0.4 is 5.73 Å². The van der Waals surface area contributed by atoms with Gasteiger partial charge in [0.15, 0.2) is 0 Å². The fraction of sp³-hybridized carbons (Fsp3) is 0.133. The third-order valence-corrected chi connectivity index (χ3v) is 2.68. The number of nitrogens with two attached hydrogens (primary N) is 1. The van der Waals surface area contributed by atoms with E-state index in [1.54, 1.807) is 0 Å². The maximum Gasteiger partial charge on any atom is 0.131 e. The SMILES string of the molecule is CCc1ccccc1N=C(N)c1ccccc1. The summed E-state index contributed by atoms with van der Waals surface area (Å²) in [5.74, 6) is 0.562. The zero-order valence-electron chi connectivity index (χ0n) is 9.93. The van der Waals surface area contributed by atoms with Crippen molar-refractivity contribution < 1.29 is 0 Å². The van der Waals surface area contributed by atoms with E-state index in [-0.39, 0.29) is 0 Å². The summed E-state index contributed by atoms with van der Waals surface area (Å²) in [5, 5.41) is 0. The van der Waals surface area contributed by atoms with E-state index < -0.39 is 0 Å². The van der Waals surface area contributed by atoms with Gasteiger partial charge in [0.2, 0.25) is 0 Å². The summed E-state index contributed by atoms with van der Waals surface area (Å²) in [5.41, 5.74) is 9.13. The van der Waals surface area contributed by atoms with Crippen molar-refractivity contribution in [1.82, 2.24) is 0 Å². The molecule has 0 bridgehead atoms. The van der Waals surface area contributed by atoms with Gasteiger partial charge in [0, 0.05) is 5.56 Å². The molecule has 0 atom stereocenters. The predicted octanol–water partition coefficient (Wildman–Crippen LogP) is 3.29. The molecule has 17 heavy (non-hydrogen) atoms. The molecule has 0 spiro atoms. The smallest absolute Gasteiger partial charge is 0.131 e. The van der Waals surface area contributed by atoms with Crippen LogP contribution in [0.3, 0.4) is 0 Å². The summed E-state index contributed by atoms with van der Waals surface area (Å²) in [4.78, 5) is 4.49. The summed E-state index contributed by atoms with van der Waals surface area (Å²) in [6.45, 7) is 2.12. The zero-order valence-corrected chi connectivity index (χ0v) is 9.93. The third-order valence-electron chi connectivity index (χ3n) is 2.68. The normalized spacial score (nSPS) is 11.5. The van der Waals surface area contributed by atoms with Gasteiger partial charge in [-0.3, -0.25) is 0 Å². The Morgan fingerprint density at radius 1 is 1.00 bits per heavy atom. The molecule has 2 nitrogen and oxygen atoms in total. The van der Waals surface area contributed by atoms with Crippen molar-refractivity contribution in [3.8, 4) is 0 Å². The highest BCUT2D eigenvalue weighted by Crippen LogP contribution is 2.19. The second-order valence-corrected chi connectivity index (χ2v) is 3.85. The Kier molecular flexibility index (Phi) is 3.55. The molecule has 0 aliphatic rings. The summed E-state index contributed by atoms with van der Waals surface area (Å²) in [6, 6.07) is 17.9. The Labute approximate surface area is 102 Å². The number of aliphatic imine (C=N–C) groups is 1. The molecule has 86 valence electrons. The molecule has 0 aliphatic carbocycles. The molecule has 2 heteroatoms. The molecule has 2 aromatic rings. The van der Waals surface area contributed by atoms with Gasteiger partial charge in [-0.25, -0.2) is 4.99 Å². The number of aryl methyl sites for hydroxylation is 1.